The lowest BCUT2D eigenvalue weighted by Gasteiger charge is -2.20. The second-order valence-electron chi connectivity index (χ2n) is 3.83. The number of ether oxygens (including phenoxy) is 1. The van der Waals surface area contributed by atoms with E-state index >= 15 is 0 Å². The molecule has 5 heteroatoms. The molecule has 0 saturated heterocycles. The van der Waals surface area contributed by atoms with Crippen LogP contribution in [-0.4, -0.2) is 18.1 Å². The first-order valence-electron chi connectivity index (χ1n) is 4.89. The van der Waals surface area contributed by atoms with Crippen molar-refractivity contribution in [2.45, 2.75) is 18.9 Å². The number of benzene rings is 1. The molecule has 1 unspecified atom stereocenters. The van der Waals surface area contributed by atoms with E-state index in [9.17, 15) is 9.18 Å². The van der Waals surface area contributed by atoms with Gasteiger partial charge in [-0.05, 0) is 31.2 Å². The van der Waals surface area contributed by atoms with Crippen LogP contribution in [0, 0.1) is 5.82 Å². The average molecular weight is 226 g/mol. The van der Waals surface area contributed by atoms with Crippen LogP contribution in [0.1, 0.15) is 13.3 Å². The Hall–Kier alpha value is -1.62. The highest BCUT2D eigenvalue weighted by Gasteiger charge is 2.25. The first-order valence-corrected chi connectivity index (χ1v) is 4.89. The minimum Gasteiger partial charge on any atom is -0.494 e. The fourth-order valence-electron chi connectivity index (χ4n) is 1.03. The predicted octanol–water partition coefficient (Wildman–Crippen LogP) is 0.797. The van der Waals surface area contributed by atoms with Crippen molar-refractivity contribution in [1.29, 1.82) is 0 Å². The highest BCUT2D eigenvalue weighted by atomic mass is 19.1. The van der Waals surface area contributed by atoms with Crippen molar-refractivity contribution >= 4 is 5.91 Å². The summed E-state index contributed by atoms with van der Waals surface area (Å²) < 4.78 is 17.9. The molecule has 0 aromatic heterocycles. The molecule has 1 amide bonds. The number of carbonyl (C=O) groups excluding carboxylic acids is 1. The zero-order valence-corrected chi connectivity index (χ0v) is 9.07. The molecule has 16 heavy (non-hydrogen) atoms. The fourth-order valence-corrected chi connectivity index (χ4v) is 1.03. The third kappa shape index (κ3) is 3.51. The van der Waals surface area contributed by atoms with E-state index in [1.54, 1.807) is 6.92 Å². The molecule has 0 radical (unpaired) electrons. The molecule has 1 atom stereocenters. The van der Waals surface area contributed by atoms with Gasteiger partial charge in [0.05, 0.1) is 12.1 Å². The number of hydrogen-bond acceptors (Lipinski definition) is 3. The maximum Gasteiger partial charge on any atom is 0.237 e. The van der Waals surface area contributed by atoms with Gasteiger partial charge in [0, 0.05) is 6.42 Å². The molecule has 0 spiro atoms. The molecule has 0 bridgehead atoms. The Kier molecular flexibility index (Phi) is 3.84. The quantitative estimate of drug-likeness (QED) is 0.779. The highest BCUT2D eigenvalue weighted by molar-refractivity contribution is 5.83. The second-order valence-corrected chi connectivity index (χ2v) is 3.83. The maximum atomic E-state index is 12.6. The molecule has 1 aromatic carbocycles. The molecule has 1 rings (SSSR count). The summed E-state index contributed by atoms with van der Waals surface area (Å²) >= 11 is 0. The van der Waals surface area contributed by atoms with Gasteiger partial charge >= 0.3 is 0 Å². The van der Waals surface area contributed by atoms with E-state index in [4.69, 9.17) is 16.2 Å². The lowest BCUT2D eigenvalue weighted by atomic mass is 9.99. The van der Waals surface area contributed by atoms with Gasteiger partial charge in [-0.1, -0.05) is 0 Å². The first-order chi connectivity index (χ1) is 7.42. The molecule has 4 nitrogen and oxygen atoms in total. The van der Waals surface area contributed by atoms with E-state index in [0.717, 1.165) is 0 Å². The molecular weight excluding hydrogens is 211 g/mol. The van der Waals surface area contributed by atoms with Gasteiger partial charge in [-0.25, -0.2) is 4.39 Å². The van der Waals surface area contributed by atoms with Crippen LogP contribution in [0.3, 0.4) is 0 Å². The third-order valence-electron chi connectivity index (χ3n) is 2.27. The molecule has 0 saturated carbocycles. The SMILES string of the molecule is CC(N)(CCOc1ccc(F)cc1)C(N)=O. The summed E-state index contributed by atoms with van der Waals surface area (Å²) in [7, 11) is 0. The predicted molar refractivity (Wildman–Crippen MR) is 58.3 cm³/mol. The Morgan fingerprint density at radius 3 is 2.50 bits per heavy atom. The molecule has 88 valence electrons. The van der Waals surface area contributed by atoms with Gasteiger partial charge < -0.3 is 16.2 Å². The summed E-state index contributed by atoms with van der Waals surface area (Å²) in [5.41, 5.74) is 9.65. The van der Waals surface area contributed by atoms with Crippen molar-refractivity contribution in [2.75, 3.05) is 6.61 Å². The number of nitrogens with two attached hydrogens (primary N) is 2. The van der Waals surface area contributed by atoms with Crippen LogP contribution in [0.2, 0.25) is 0 Å². The van der Waals surface area contributed by atoms with Crippen molar-refractivity contribution in [3.8, 4) is 5.75 Å². The molecular formula is C11H15FN2O2. The van der Waals surface area contributed by atoms with Crippen molar-refractivity contribution in [2.24, 2.45) is 11.5 Å². The van der Waals surface area contributed by atoms with E-state index in [-0.39, 0.29) is 12.4 Å². The van der Waals surface area contributed by atoms with Gasteiger partial charge in [0.25, 0.3) is 0 Å². The number of rotatable bonds is 5. The Morgan fingerprint density at radius 2 is 2.00 bits per heavy atom. The Morgan fingerprint density at radius 1 is 1.44 bits per heavy atom. The van der Waals surface area contributed by atoms with Crippen LogP contribution < -0.4 is 16.2 Å². The zero-order valence-electron chi connectivity index (χ0n) is 9.07. The molecule has 1 aromatic rings. The lowest BCUT2D eigenvalue weighted by Crippen LogP contribution is -2.50. The van der Waals surface area contributed by atoms with Gasteiger partial charge in [-0.2, -0.15) is 0 Å². The lowest BCUT2D eigenvalue weighted by molar-refractivity contribution is -0.123. The summed E-state index contributed by atoms with van der Waals surface area (Å²) in [4.78, 5) is 10.9. The number of amides is 1. The normalized spacial score (nSPS) is 14.2. The highest BCUT2D eigenvalue weighted by Crippen LogP contribution is 2.13. The monoisotopic (exact) mass is 226 g/mol. The van der Waals surface area contributed by atoms with Crippen molar-refractivity contribution in [3.63, 3.8) is 0 Å². The maximum absolute atomic E-state index is 12.6. The van der Waals surface area contributed by atoms with E-state index in [1.165, 1.54) is 24.3 Å². The van der Waals surface area contributed by atoms with Crippen LogP contribution in [0.5, 0.6) is 5.75 Å². The van der Waals surface area contributed by atoms with Crippen LogP contribution in [0.25, 0.3) is 0 Å². The van der Waals surface area contributed by atoms with Gasteiger partial charge in [-0.3, -0.25) is 4.79 Å². The second kappa shape index (κ2) is 4.94. The van der Waals surface area contributed by atoms with Crippen LogP contribution in [0.15, 0.2) is 24.3 Å². The smallest absolute Gasteiger partial charge is 0.237 e. The molecule has 4 N–H and O–H groups in total. The van der Waals surface area contributed by atoms with E-state index in [0.29, 0.717) is 12.2 Å². The molecule has 0 aliphatic heterocycles. The van der Waals surface area contributed by atoms with Crippen LogP contribution in [0.4, 0.5) is 4.39 Å². The number of primary amides is 1. The zero-order chi connectivity index (χ0) is 12.2. The summed E-state index contributed by atoms with van der Waals surface area (Å²) in [5.74, 6) is -0.370. The topological polar surface area (TPSA) is 78.3 Å². The van der Waals surface area contributed by atoms with Crippen molar-refractivity contribution in [1.82, 2.24) is 0 Å². The molecule has 0 fully saturated rings. The standard InChI is InChI=1S/C11H15FN2O2/c1-11(14,10(13)15)6-7-16-9-4-2-8(12)3-5-9/h2-5H,6-7,14H2,1H3,(H2,13,15). The van der Waals surface area contributed by atoms with E-state index < -0.39 is 11.4 Å². The number of carbonyl (C=O) groups is 1. The Bertz CT molecular complexity index is 363. The first kappa shape index (κ1) is 12.4. The minimum atomic E-state index is -1.08. The van der Waals surface area contributed by atoms with Gasteiger partial charge in [-0.15, -0.1) is 0 Å². The number of halogens is 1. The summed E-state index contributed by atoms with van der Waals surface area (Å²) in [6, 6.07) is 5.61. The summed E-state index contributed by atoms with van der Waals surface area (Å²) in [5, 5.41) is 0. The molecule has 0 aliphatic carbocycles. The largest absolute Gasteiger partial charge is 0.494 e. The Balaban J connectivity index is 2.41. The van der Waals surface area contributed by atoms with Crippen molar-refractivity contribution < 1.29 is 13.9 Å². The fraction of sp³-hybridized carbons (Fsp3) is 0.364. The van der Waals surface area contributed by atoms with E-state index in [1.807, 2.05) is 0 Å². The molecule has 0 heterocycles. The van der Waals surface area contributed by atoms with Gasteiger partial charge in [0.2, 0.25) is 5.91 Å². The summed E-state index contributed by atoms with van der Waals surface area (Å²) in [6.45, 7) is 1.80. The van der Waals surface area contributed by atoms with Gasteiger partial charge in [0.15, 0.2) is 0 Å². The van der Waals surface area contributed by atoms with Crippen molar-refractivity contribution in [3.05, 3.63) is 30.1 Å². The molecule has 0 aliphatic rings. The average Bonchev–Trinajstić information content (AvgIpc) is 2.20. The van der Waals surface area contributed by atoms with Gasteiger partial charge in [0.1, 0.15) is 11.6 Å². The minimum absolute atomic E-state index is 0.252. The van der Waals surface area contributed by atoms with E-state index in [2.05, 4.69) is 0 Å². The van der Waals surface area contributed by atoms with Crippen LogP contribution in [-0.2, 0) is 4.79 Å². The Labute approximate surface area is 93.4 Å². The summed E-state index contributed by atoms with van der Waals surface area (Å²) in [6.07, 6.45) is 0.305. The van der Waals surface area contributed by atoms with Crippen LogP contribution >= 0.6 is 0 Å². The number of hydrogen-bond donors (Lipinski definition) is 2. The third-order valence-corrected chi connectivity index (χ3v) is 2.27.